The summed E-state index contributed by atoms with van der Waals surface area (Å²) in [6.07, 6.45) is 3.00. The van der Waals surface area contributed by atoms with E-state index < -0.39 is 6.04 Å². The van der Waals surface area contributed by atoms with Crippen molar-refractivity contribution < 1.29 is 4.79 Å². The molecule has 0 spiro atoms. The van der Waals surface area contributed by atoms with Crippen molar-refractivity contribution in [2.45, 2.75) is 44.8 Å². The summed E-state index contributed by atoms with van der Waals surface area (Å²) >= 11 is 7.93. The molecule has 1 amide bonds. The van der Waals surface area contributed by atoms with Crippen LogP contribution in [-0.2, 0) is 11.3 Å². The summed E-state index contributed by atoms with van der Waals surface area (Å²) in [6.45, 7) is 3.51. The summed E-state index contributed by atoms with van der Waals surface area (Å²) in [5.41, 5.74) is 7.98. The highest BCUT2D eigenvalue weighted by molar-refractivity contribution is 9.10. The molecule has 0 aliphatic carbocycles. The summed E-state index contributed by atoms with van der Waals surface area (Å²) in [4.78, 5) is 19.6. The molecular weight excluding hydrogens is 412 g/mol. The highest BCUT2D eigenvalue weighted by Gasteiger charge is 2.35. The SMILES string of the molecule is CCCCC1c2nc(-c3ccccc3)c(Br)n2CCN1C(=O)C(N)CS. The molecule has 2 unspecified atom stereocenters. The first-order chi connectivity index (χ1) is 12.6. The van der Waals surface area contributed by atoms with Crippen LogP contribution in [0.1, 0.15) is 38.1 Å². The fourth-order valence-electron chi connectivity index (χ4n) is 3.44. The van der Waals surface area contributed by atoms with Gasteiger partial charge in [0.25, 0.3) is 0 Å². The second-order valence-electron chi connectivity index (χ2n) is 6.61. The van der Waals surface area contributed by atoms with Crippen LogP contribution >= 0.6 is 28.6 Å². The second kappa shape index (κ2) is 8.59. The van der Waals surface area contributed by atoms with E-state index in [1.807, 2.05) is 23.1 Å². The third-order valence-electron chi connectivity index (χ3n) is 4.85. The molecule has 0 fully saturated rings. The maximum absolute atomic E-state index is 12.8. The predicted octanol–water partition coefficient (Wildman–Crippen LogP) is 3.64. The molecule has 26 heavy (non-hydrogen) atoms. The quantitative estimate of drug-likeness (QED) is 0.679. The Labute approximate surface area is 168 Å². The van der Waals surface area contributed by atoms with Crippen LogP contribution in [-0.4, -0.2) is 38.7 Å². The zero-order valence-corrected chi connectivity index (χ0v) is 17.4. The van der Waals surface area contributed by atoms with Crippen molar-refractivity contribution in [1.29, 1.82) is 0 Å². The topological polar surface area (TPSA) is 64.2 Å². The summed E-state index contributed by atoms with van der Waals surface area (Å²) in [6, 6.07) is 9.51. The molecule has 2 N–H and O–H groups in total. The van der Waals surface area contributed by atoms with Gasteiger partial charge in [0.05, 0.1) is 12.1 Å². The number of amides is 1. The molecule has 1 aromatic heterocycles. The Hall–Kier alpha value is -1.31. The molecule has 140 valence electrons. The lowest BCUT2D eigenvalue weighted by molar-refractivity contribution is -0.136. The minimum Gasteiger partial charge on any atom is -0.329 e. The molecule has 2 heterocycles. The number of aromatic nitrogens is 2. The number of thiol groups is 1. The molecule has 2 atom stereocenters. The number of halogens is 1. The Balaban J connectivity index is 2.00. The number of imidazole rings is 1. The average Bonchev–Trinajstić information content (AvgIpc) is 3.02. The first-order valence-corrected chi connectivity index (χ1v) is 10.5. The van der Waals surface area contributed by atoms with Gasteiger partial charge in [0.1, 0.15) is 16.1 Å². The van der Waals surface area contributed by atoms with Crippen molar-refractivity contribution in [3.63, 3.8) is 0 Å². The van der Waals surface area contributed by atoms with Crippen LogP contribution in [0.2, 0.25) is 0 Å². The Morgan fingerprint density at radius 2 is 2.12 bits per heavy atom. The summed E-state index contributed by atoms with van der Waals surface area (Å²) < 4.78 is 3.17. The molecule has 7 heteroatoms. The molecule has 0 saturated heterocycles. The van der Waals surface area contributed by atoms with E-state index >= 15 is 0 Å². The van der Waals surface area contributed by atoms with Gasteiger partial charge in [-0.1, -0.05) is 50.1 Å². The first-order valence-electron chi connectivity index (χ1n) is 9.06. The summed E-state index contributed by atoms with van der Waals surface area (Å²) in [7, 11) is 0. The molecular formula is C19H25BrN4OS. The van der Waals surface area contributed by atoms with Crippen molar-refractivity contribution in [3.8, 4) is 11.3 Å². The Bertz CT molecular complexity index is 764. The predicted molar refractivity (Wildman–Crippen MR) is 111 cm³/mol. The Morgan fingerprint density at radius 3 is 2.77 bits per heavy atom. The van der Waals surface area contributed by atoms with Crippen molar-refractivity contribution in [3.05, 3.63) is 40.8 Å². The maximum Gasteiger partial charge on any atom is 0.241 e. The molecule has 1 aliphatic rings. The van der Waals surface area contributed by atoms with Crippen LogP contribution in [0.5, 0.6) is 0 Å². The highest BCUT2D eigenvalue weighted by atomic mass is 79.9. The fourth-order valence-corrected chi connectivity index (χ4v) is 4.27. The number of rotatable bonds is 6. The largest absolute Gasteiger partial charge is 0.329 e. The summed E-state index contributed by atoms with van der Waals surface area (Å²) in [5, 5.41) is 0. The van der Waals surface area contributed by atoms with Crippen molar-refractivity contribution in [2.24, 2.45) is 5.73 Å². The first kappa shape index (κ1) is 19.5. The van der Waals surface area contributed by atoms with Crippen LogP contribution < -0.4 is 5.73 Å². The molecule has 0 bridgehead atoms. The molecule has 0 saturated carbocycles. The van der Waals surface area contributed by atoms with Gasteiger partial charge in [0.2, 0.25) is 5.91 Å². The number of carbonyl (C=O) groups excluding carboxylic acids is 1. The molecule has 2 aromatic rings. The third kappa shape index (κ3) is 3.70. The van der Waals surface area contributed by atoms with Gasteiger partial charge in [-0.3, -0.25) is 4.79 Å². The third-order valence-corrected chi connectivity index (χ3v) is 6.05. The van der Waals surface area contributed by atoms with E-state index in [4.69, 9.17) is 10.7 Å². The highest BCUT2D eigenvalue weighted by Crippen LogP contribution is 2.37. The van der Waals surface area contributed by atoms with Crippen molar-refractivity contribution in [2.75, 3.05) is 12.3 Å². The second-order valence-corrected chi connectivity index (χ2v) is 7.72. The number of fused-ring (bicyclic) bond motifs is 1. The number of hydrogen-bond acceptors (Lipinski definition) is 4. The minimum atomic E-state index is -0.569. The number of unbranched alkanes of at least 4 members (excludes halogenated alkanes) is 1. The lowest BCUT2D eigenvalue weighted by Gasteiger charge is -2.37. The minimum absolute atomic E-state index is 0.0345. The average molecular weight is 437 g/mol. The smallest absolute Gasteiger partial charge is 0.241 e. The zero-order chi connectivity index (χ0) is 18.7. The van der Waals surface area contributed by atoms with Gasteiger partial charge in [-0.15, -0.1) is 0 Å². The van der Waals surface area contributed by atoms with Gasteiger partial charge in [-0.05, 0) is 22.4 Å². The van der Waals surface area contributed by atoms with E-state index in [1.165, 1.54) is 0 Å². The number of nitrogens with two attached hydrogens (primary N) is 1. The van der Waals surface area contributed by atoms with E-state index in [2.05, 4.69) is 52.2 Å². The van der Waals surface area contributed by atoms with Gasteiger partial charge < -0.3 is 15.2 Å². The lowest BCUT2D eigenvalue weighted by Crippen LogP contribution is -2.50. The summed E-state index contributed by atoms with van der Waals surface area (Å²) in [5.74, 6) is 1.26. The normalized spacial score (nSPS) is 17.8. The van der Waals surface area contributed by atoms with Gasteiger partial charge in [-0.2, -0.15) is 12.6 Å². The van der Waals surface area contributed by atoms with Crippen LogP contribution in [0.4, 0.5) is 0 Å². The van der Waals surface area contributed by atoms with Gasteiger partial charge >= 0.3 is 0 Å². The zero-order valence-electron chi connectivity index (χ0n) is 14.9. The number of hydrogen-bond donors (Lipinski definition) is 2. The molecule has 1 aliphatic heterocycles. The molecule has 1 aromatic carbocycles. The number of carbonyl (C=O) groups is 1. The number of nitrogens with zero attached hydrogens (tertiary/aromatic N) is 3. The van der Waals surface area contributed by atoms with E-state index in [1.54, 1.807) is 0 Å². The van der Waals surface area contributed by atoms with E-state index in [0.29, 0.717) is 18.8 Å². The van der Waals surface area contributed by atoms with E-state index in [9.17, 15) is 4.79 Å². The standard InChI is InChI=1S/C19H25BrN4OS/c1-2-3-9-15-18-22-16(13-7-5-4-6-8-13)17(20)24(18)11-10-23(15)19(25)14(21)12-26/h4-8,14-15,26H,2-3,9-12,21H2,1H3. The molecule has 5 nitrogen and oxygen atoms in total. The monoisotopic (exact) mass is 436 g/mol. The fraction of sp³-hybridized carbons (Fsp3) is 0.474. The van der Waals surface area contributed by atoms with Crippen molar-refractivity contribution >= 4 is 34.5 Å². The van der Waals surface area contributed by atoms with E-state index in [0.717, 1.165) is 40.9 Å². The lowest BCUT2D eigenvalue weighted by atomic mass is 10.0. The van der Waals surface area contributed by atoms with Crippen molar-refractivity contribution in [1.82, 2.24) is 14.5 Å². The molecule has 3 rings (SSSR count). The van der Waals surface area contributed by atoms with Crippen LogP contribution in [0.3, 0.4) is 0 Å². The van der Waals surface area contributed by atoms with Gasteiger partial charge in [-0.25, -0.2) is 4.98 Å². The maximum atomic E-state index is 12.8. The van der Waals surface area contributed by atoms with Crippen LogP contribution in [0.15, 0.2) is 34.9 Å². The Morgan fingerprint density at radius 1 is 1.38 bits per heavy atom. The van der Waals surface area contributed by atoms with Gasteiger partial charge in [0, 0.05) is 24.4 Å². The number of benzene rings is 1. The van der Waals surface area contributed by atoms with E-state index in [-0.39, 0.29) is 11.9 Å². The van der Waals surface area contributed by atoms with Crippen LogP contribution in [0.25, 0.3) is 11.3 Å². The molecule has 0 radical (unpaired) electrons. The van der Waals surface area contributed by atoms with Gasteiger partial charge in [0.15, 0.2) is 0 Å². The Kier molecular flexibility index (Phi) is 6.42. The van der Waals surface area contributed by atoms with Crippen LogP contribution in [0, 0.1) is 0 Å².